The average molecular weight is 355 g/mol. The van der Waals surface area contributed by atoms with E-state index in [9.17, 15) is 4.79 Å². The number of rotatable bonds is 5. The molecule has 3 N–H and O–H groups in total. The van der Waals surface area contributed by atoms with Gasteiger partial charge in [-0.05, 0) is 47.3 Å². The Bertz CT molecular complexity index is 496. The predicted molar refractivity (Wildman–Crippen MR) is 91.8 cm³/mol. The van der Waals surface area contributed by atoms with Crippen molar-refractivity contribution in [3.63, 3.8) is 0 Å². The van der Waals surface area contributed by atoms with Crippen molar-refractivity contribution in [1.29, 1.82) is 0 Å². The number of nitrogens with zero attached hydrogens (tertiary/aromatic N) is 2. The van der Waals surface area contributed by atoms with Gasteiger partial charge in [0.1, 0.15) is 0 Å². The van der Waals surface area contributed by atoms with Gasteiger partial charge in [0.05, 0.1) is 5.69 Å². The number of anilines is 1. The van der Waals surface area contributed by atoms with Crippen molar-refractivity contribution >= 4 is 33.6 Å². The van der Waals surface area contributed by atoms with Crippen LogP contribution in [0.3, 0.4) is 0 Å². The zero-order chi connectivity index (χ0) is 15.8. The second kappa shape index (κ2) is 8.67. The van der Waals surface area contributed by atoms with Gasteiger partial charge < -0.3 is 5.73 Å². The van der Waals surface area contributed by atoms with E-state index in [1.807, 2.05) is 39.0 Å². The Hall–Kier alpha value is -1.56. The molecular weight excluding hydrogens is 332 g/mol. The third-order valence-corrected chi connectivity index (χ3v) is 3.53. The quantitative estimate of drug-likeness (QED) is 0.628. The molecule has 1 aromatic rings. The molecular formula is C15H23BrN4O. The summed E-state index contributed by atoms with van der Waals surface area (Å²) in [6.45, 7) is 7.22. The highest BCUT2D eigenvalue weighted by molar-refractivity contribution is 9.10. The highest BCUT2D eigenvalue weighted by Crippen LogP contribution is 2.30. The van der Waals surface area contributed by atoms with E-state index in [0.29, 0.717) is 13.1 Å². The molecule has 0 unspecified atom stereocenters. The van der Waals surface area contributed by atoms with Crippen molar-refractivity contribution < 1.29 is 4.79 Å². The van der Waals surface area contributed by atoms with Crippen LogP contribution in [0.15, 0.2) is 27.7 Å². The number of nitrogens with two attached hydrogens (primary N) is 1. The maximum absolute atomic E-state index is 12.4. The van der Waals surface area contributed by atoms with E-state index in [0.717, 1.165) is 28.6 Å². The largest absolute Gasteiger partial charge is 0.370 e. The lowest BCUT2D eigenvalue weighted by Gasteiger charge is -2.25. The lowest BCUT2D eigenvalue weighted by atomic mass is 10.2. The van der Waals surface area contributed by atoms with Gasteiger partial charge in [-0.1, -0.05) is 26.0 Å². The molecule has 0 bridgehead atoms. The number of hydrogen-bond acceptors (Lipinski definition) is 2. The number of para-hydroxylation sites is 1. The Kier molecular flexibility index (Phi) is 7.22. The van der Waals surface area contributed by atoms with Gasteiger partial charge in [-0.3, -0.25) is 15.2 Å². The number of amides is 2. The van der Waals surface area contributed by atoms with Crippen molar-refractivity contribution in [2.45, 2.75) is 33.6 Å². The molecule has 5 nitrogen and oxygen atoms in total. The molecule has 0 aliphatic carbocycles. The van der Waals surface area contributed by atoms with Crippen LogP contribution < -0.4 is 16.0 Å². The number of benzene rings is 1. The van der Waals surface area contributed by atoms with Crippen molar-refractivity contribution in [3.8, 4) is 0 Å². The lowest BCUT2D eigenvalue weighted by molar-refractivity contribution is 0.250. The SMILES string of the molecule is CCCN=C(N)NC(=O)N(CCC)c1c(C)cccc1Br. The molecule has 21 heavy (non-hydrogen) atoms. The summed E-state index contributed by atoms with van der Waals surface area (Å²) in [5.74, 6) is 0.160. The number of aryl methyl sites for hydroxylation is 1. The second-order valence-corrected chi connectivity index (χ2v) is 5.61. The smallest absolute Gasteiger partial charge is 0.328 e. The summed E-state index contributed by atoms with van der Waals surface area (Å²) >= 11 is 3.51. The first-order valence-corrected chi connectivity index (χ1v) is 7.94. The Labute approximate surface area is 134 Å². The summed E-state index contributed by atoms with van der Waals surface area (Å²) in [6.07, 6.45) is 1.73. The number of aliphatic imine (C=N–C) groups is 1. The number of guanidine groups is 1. The third-order valence-electron chi connectivity index (χ3n) is 2.89. The van der Waals surface area contributed by atoms with Crippen LogP contribution in [-0.2, 0) is 0 Å². The van der Waals surface area contributed by atoms with E-state index in [1.165, 1.54) is 0 Å². The summed E-state index contributed by atoms with van der Waals surface area (Å²) in [7, 11) is 0. The molecule has 0 aliphatic rings. The number of nitrogens with one attached hydrogen (secondary N) is 1. The monoisotopic (exact) mass is 354 g/mol. The zero-order valence-electron chi connectivity index (χ0n) is 12.8. The van der Waals surface area contributed by atoms with Crippen LogP contribution in [0.1, 0.15) is 32.3 Å². The van der Waals surface area contributed by atoms with Crippen LogP contribution in [0.2, 0.25) is 0 Å². The molecule has 0 aliphatic heterocycles. The number of halogens is 1. The molecule has 0 saturated heterocycles. The van der Waals surface area contributed by atoms with Crippen molar-refractivity contribution in [1.82, 2.24) is 5.32 Å². The molecule has 116 valence electrons. The van der Waals surface area contributed by atoms with Gasteiger partial charge in [-0.2, -0.15) is 0 Å². The standard InChI is InChI=1S/C15H23BrN4O/c1-4-9-18-14(17)19-15(21)20(10-5-2)13-11(3)7-6-8-12(13)16/h6-8H,4-5,9-10H2,1-3H3,(H3,17,18,19,21). The van der Waals surface area contributed by atoms with Crippen LogP contribution in [0, 0.1) is 6.92 Å². The van der Waals surface area contributed by atoms with E-state index in [1.54, 1.807) is 4.90 Å². The third kappa shape index (κ3) is 5.04. The van der Waals surface area contributed by atoms with Crippen molar-refractivity contribution in [2.24, 2.45) is 10.7 Å². The fourth-order valence-corrected chi connectivity index (χ4v) is 2.63. The van der Waals surface area contributed by atoms with Gasteiger partial charge in [0, 0.05) is 17.6 Å². The van der Waals surface area contributed by atoms with Crippen molar-refractivity contribution in [2.75, 3.05) is 18.0 Å². The van der Waals surface area contributed by atoms with E-state index < -0.39 is 0 Å². The minimum absolute atomic E-state index is 0.160. The molecule has 0 saturated carbocycles. The highest BCUT2D eigenvalue weighted by Gasteiger charge is 2.19. The Balaban J connectivity index is 2.99. The van der Waals surface area contributed by atoms with Crippen LogP contribution in [0.5, 0.6) is 0 Å². The number of carbonyl (C=O) groups excluding carboxylic acids is 1. The van der Waals surface area contributed by atoms with E-state index in [2.05, 4.69) is 26.2 Å². The van der Waals surface area contributed by atoms with Gasteiger partial charge in [0.2, 0.25) is 0 Å². The summed E-state index contributed by atoms with van der Waals surface area (Å²) in [5.41, 5.74) is 7.61. The maximum atomic E-state index is 12.4. The topological polar surface area (TPSA) is 70.7 Å². The van der Waals surface area contributed by atoms with E-state index in [-0.39, 0.29) is 12.0 Å². The fraction of sp³-hybridized carbons (Fsp3) is 0.467. The van der Waals surface area contributed by atoms with Gasteiger partial charge >= 0.3 is 6.03 Å². The number of hydrogen-bond donors (Lipinski definition) is 2. The predicted octanol–water partition coefficient (Wildman–Crippen LogP) is 3.41. The molecule has 0 fully saturated rings. The molecule has 6 heteroatoms. The van der Waals surface area contributed by atoms with Crippen LogP contribution in [0.4, 0.5) is 10.5 Å². The summed E-state index contributed by atoms with van der Waals surface area (Å²) in [5, 5.41) is 2.65. The van der Waals surface area contributed by atoms with Crippen molar-refractivity contribution in [3.05, 3.63) is 28.2 Å². The minimum Gasteiger partial charge on any atom is -0.370 e. The molecule has 0 aromatic heterocycles. The van der Waals surface area contributed by atoms with Gasteiger partial charge in [0.15, 0.2) is 5.96 Å². The van der Waals surface area contributed by atoms with Gasteiger partial charge in [-0.25, -0.2) is 4.79 Å². The minimum atomic E-state index is -0.260. The lowest BCUT2D eigenvalue weighted by Crippen LogP contribution is -2.46. The first kappa shape index (κ1) is 17.5. The van der Waals surface area contributed by atoms with Crippen LogP contribution in [-0.4, -0.2) is 25.1 Å². The highest BCUT2D eigenvalue weighted by atomic mass is 79.9. The van der Waals surface area contributed by atoms with Gasteiger partial charge in [-0.15, -0.1) is 0 Å². The van der Waals surface area contributed by atoms with Crippen LogP contribution in [0.25, 0.3) is 0 Å². The van der Waals surface area contributed by atoms with E-state index in [4.69, 9.17) is 5.73 Å². The average Bonchev–Trinajstić information content (AvgIpc) is 2.43. The molecule has 2 amide bonds. The Morgan fingerprint density at radius 2 is 2.10 bits per heavy atom. The van der Waals surface area contributed by atoms with Crippen LogP contribution >= 0.6 is 15.9 Å². The Morgan fingerprint density at radius 3 is 2.67 bits per heavy atom. The number of urea groups is 1. The second-order valence-electron chi connectivity index (χ2n) is 4.75. The molecule has 0 radical (unpaired) electrons. The molecule has 0 atom stereocenters. The van der Waals surface area contributed by atoms with E-state index >= 15 is 0 Å². The summed E-state index contributed by atoms with van der Waals surface area (Å²) in [6, 6.07) is 5.59. The van der Waals surface area contributed by atoms with Gasteiger partial charge in [0.25, 0.3) is 0 Å². The molecule has 1 rings (SSSR count). The first-order valence-electron chi connectivity index (χ1n) is 7.14. The molecule has 0 heterocycles. The molecule has 0 spiro atoms. The fourth-order valence-electron chi connectivity index (χ4n) is 1.95. The first-order chi connectivity index (χ1) is 10.0. The maximum Gasteiger partial charge on any atom is 0.328 e. The molecule has 1 aromatic carbocycles. The number of carbonyl (C=O) groups is 1. The Morgan fingerprint density at radius 1 is 1.38 bits per heavy atom. The zero-order valence-corrected chi connectivity index (χ0v) is 14.4. The summed E-state index contributed by atoms with van der Waals surface area (Å²) < 4.78 is 0.884. The normalized spacial score (nSPS) is 11.3. The summed E-state index contributed by atoms with van der Waals surface area (Å²) in [4.78, 5) is 18.2.